The first-order valence-corrected chi connectivity index (χ1v) is 2.10. The summed E-state index contributed by atoms with van der Waals surface area (Å²) in [6.45, 7) is 0. The van der Waals surface area contributed by atoms with Crippen LogP contribution < -0.4 is 0 Å². The van der Waals surface area contributed by atoms with Gasteiger partial charge in [0.05, 0.1) is 0 Å². The first-order valence-electron chi connectivity index (χ1n) is 0.698. The molecule has 0 amide bonds. The summed E-state index contributed by atoms with van der Waals surface area (Å²) in [6, 6.07) is 0. The molecule has 6 heavy (non-hydrogen) atoms. The Balaban J connectivity index is -0.0000000800. The molecule has 6 heteroatoms. The maximum absolute atomic E-state index is 8.74. The van der Waals surface area contributed by atoms with Gasteiger partial charge in [-0.25, -0.2) is 0 Å². The van der Waals surface area contributed by atoms with E-state index in [0.29, 0.717) is 0 Å². The monoisotopic (exact) mass is 123 g/mol. The van der Waals surface area contributed by atoms with Crippen molar-refractivity contribution in [3.63, 3.8) is 0 Å². The first-order chi connectivity index (χ1) is 2.00. The first kappa shape index (κ1) is 9.98. The predicted octanol–water partition coefficient (Wildman–Crippen LogP) is -1.19. The zero-order chi connectivity index (χ0) is 4.50. The van der Waals surface area contributed by atoms with Crippen LogP contribution in [0, 0.1) is 0 Å². The van der Waals surface area contributed by atoms with Gasteiger partial charge in [-0.3, -0.25) is 9.11 Å². The van der Waals surface area contributed by atoms with Gasteiger partial charge in [-0.15, -0.1) is 0 Å². The fourth-order valence-electron chi connectivity index (χ4n) is 0. The molecule has 0 aromatic carbocycles. The van der Waals surface area contributed by atoms with Crippen molar-refractivity contribution in [2.45, 2.75) is 0 Å². The summed E-state index contributed by atoms with van der Waals surface area (Å²) in [5.41, 5.74) is 0. The molecule has 0 unspecified atom stereocenters. The summed E-state index contributed by atoms with van der Waals surface area (Å²) in [7, 11) is -4.67. The molecular weight excluding hydrogens is 119 g/mol. The fraction of sp³-hybridized carbons (Fsp3) is 0. The van der Waals surface area contributed by atoms with Crippen molar-refractivity contribution in [1.29, 1.82) is 0 Å². The van der Waals surface area contributed by atoms with Crippen LogP contribution in [0.15, 0.2) is 0 Å². The van der Waals surface area contributed by atoms with Crippen molar-refractivity contribution in [3.8, 4) is 0 Å². The minimum absolute atomic E-state index is 0. The van der Waals surface area contributed by atoms with E-state index in [1.165, 1.54) is 0 Å². The van der Waals surface area contributed by atoms with Gasteiger partial charge in [0.1, 0.15) is 0 Å². The van der Waals surface area contributed by atoms with Crippen LogP contribution in [-0.2, 0) is 10.4 Å². The average molecular weight is 123 g/mol. The Morgan fingerprint density at radius 2 is 1.33 bits per heavy atom. The zero-order valence-corrected chi connectivity index (χ0v) is 2.94. The molecule has 0 rings (SSSR count). The van der Waals surface area contributed by atoms with E-state index in [1.807, 2.05) is 0 Å². The van der Waals surface area contributed by atoms with Gasteiger partial charge in [-0.1, -0.05) is 0 Å². The molecule has 0 aliphatic rings. The number of hydrogen-bond acceptors (Lipinski definition) is 2. The van der Waals surface area contributed by atoms with Gasteiger partial charge < -0.3 is 0 Å². The molecule has 0 aliphatic heterocycles. The van der Waals surface area contributed by atoms with Gasteiger partial charge in [0, 0.05) is 0 Å². The topological polar surface area (TPSA) is 74.6 Å². The summed E-state index contributed by atoms with van der Waals surface area (Å²) in [5, 5.41) is 0. The summed E-state index contributed by atoms with van der Waals surface area (Å²) < 4.78 is 31.6. The third-order valence-electron chi connectivity index (χ3n) is 0. The third-order valence-corrected chi connectivity index (χ3v) is 0. The second-order valence-corrected chi connectivity index (χ2v) is 1.34. The Hall–Kier alpha value is 0.870. The second kappa shape index (κ2) is 2.95. The van der Waals surface area contributed by atoms with E-state index in [0.717, 1.165) is 0 Å². The molecule has 0 heterocycles. The molecule has 0 atom stereocenters. The third kappa shape index (κ3) is 96.4. The van der Waals surface area contributed by atoms with Crippen molar-refractivity contribution < 1.29 is 18.9 Å². The van der Waals surface area contributed by atoms with E-state index in [2.05, 4.69) is 0 Å². The van der Waals surface area contributed by atoms with Gasteiger partial charge in [0.15, 0.2) is 0 Å². The SMILES string of the molecule is O=S(=O)(O)O.[H+].[NaH]. The zero-order valence-electron chi connectivity index (χ0n) is 3.12. The van der Waals surface area contributed by atoms with E-state index in [4.69, 9.17) is 17.5 Å². The molecule has 4 nitrogen and oxygen atoms in total. The van der Waals surface area contributed by atoms with E-state index >= 15 is 0 Å². The van der Waals surface area contributed by atoms with Crippen LogP contribution in [0.2, 0.25) is 0 Å². The molecule has 2 N–H and O–H groups in total. The van der Waals surface area contributed by atoms with E-state index in [1.54, 1.807) is 0 Å². The van der Waals surface area contributed by atoms with Crippen LogP contribution in [0.1, 0.15) is 1.43 Å². The summed E-state index contributed by atoms with van der Waals surface area (Å²) >= 11 is 0. The van der Waals surface area contributed by atoms with Crippen LogP contribution >= 0.6 is 0 Å². The molecule has 0 radical (unpaired) electrons. The van der Waals surface area contributed by atoms with Crippen molar-refractivity contribution >= 4 is 40.0 Å². The van der Waals surface area contributed by atoms with Gasteiger partial charge in [0.2, 0.25) is 0 Å². The molecule has 0 aromatic rings. The fourth-order valence-corrected chi connectivity index (χ4v) is 0. The van der Waals surface area contributed by atoms with Crippen LogP contribution in [0.25, 0.3) is 0 Å². The van der Waals surface area contributed by atoms with Gasteiger partial charge >= 0.3 is 41.4 Å². The molecule has 0 spiro atoms. The van der Waals surface area contributed by atoms with Crippen molar-refractivity contribution in [3.05, 3.63) is 0 Å². The second-order valence-electron chi connectivity index (χ2n) is 0.448. The minimum atomic E-state index is -4.67. The molecule has 0 fully saturated rings. The maximum atomic E-state index is 8.74. The quantitative estimate of drug-likeness (QED) is 0.314. The van der Waals surface area contributed by atoms with Crippen molar-refractivity contribution in [2.24, 2.45) is 0 Å². The van der Waals surface area contributed by atoms with Gasteiger partial charge in [0.25, 0.3) is 0 Å². The normalized spacial score (nSPS) is 9.67. The number of rotatable bonds is 0. The molecular formula is H4NaO4S+. The Labute approximate surface area is 58.9 Å². The van der Waals surface area contributed by atoms with Gasteiger partial charge in [-0.05, 0) is 0 Å². The van der Waals surface area contributed by atoms with Crippen LogP contribution in [-0.4, -0.2) is 47.1 Å². The molecule has 0 saturated carbocycles. The average Bonchev–Trinajstić information content (AvgIpc) is 0.722. The van der Waals surface area contributed by atoms with E-state index in [9.17, 15) is 0 Å². The Morgan fingerprint density at radius 3 is 1.33 bits per heavy atom. The van der Waals surface area contributed by atoms with E-state index in [-0.39, 0.29) is 31.0 Å². The summed E-state index contributed by atoms with van der Waals surface area (Å²) in [4.78, 5) is 0. The summed E-state index contributed by atoms with van der Waals surface area (Å²) in [5.74, 6) is 0. The molecule has 34 valence electrons. The Kier molecular flexibility index (Phi) is 4.91. The standard InChI is InChI=1S/Na.H2O4S.H/c;1-5(2,3)4;/h;(H2,1,2,3,4);/p+1. The Bertz CT molecular complexity index is 94.9. The van der Waals surface area contributed by atoms with Crippen molar-refractivity contribution in [1.82, 2.24) is 0 Å². The van der Waals surface area contributed by atoms with E-state index < -0.39 is 10.4 Å². The van der Waals surface area contributed by atoms with Crippen molar-refractivity contribution in [2.75, 3.05) is 0 Å². The number of hydrogen-bond donors (Lipinski definition) is 2. The molecule has 0 aliphatic carbocycles. The summed E-state index contributed by atoms with van der Waals surface area (Å²) in [6.07, 6.45) is 0. The van der Waals surface area contributed by atoms with Crippen LogP contribution in [0.3, 0.4) is 0 Å². The van der Waals surface area contributed by atoms with Crippen LogP contribution in [0.5, 0.6) is 0 Å². The molecule has 0 aromatic heterocycles. The predicted molar refractivity (Wildman–Crippen MR) is 22.4 cm³/mol. The Morgan fingerprint density at radius 1 is 1.33 bits per heavy atom. The van der Waals surface area contributed by atoms with Crippen LogP contribution in [0.4, 0.5) is 0 Å². The molecule has 0 saturated heterocycles. The van der Waals surface area contributed by atoms with Gasteiger partial charge in [-0.2, -0.15) is 8.42 Å². The molecule has 0 bridgehead atoms.